The smallest absolute Gasteiger partial charge is 0.201 e. The Morgan fingerprint density at radius 2 is 1.78 bits per heavy atom. The Hall–Kier alpha value is -3.41. The molecule has 3 N–H and O–H groups in total. The normalized spacial score (nSPS) is 13.3. The van der Waals surface area contributed by atoms with Crippen molar-refractivity contribution >= 4 is 17.3 Å². The predicted molar refractivity (Wildman–Crippen MR) is 97.8 cm³/mol. The van der Waals surface area contributed by atoms with Crippen molar-refractivity contribution < 1.29 is 29.7 Å². The van der Waals surface area contributed by atoms with E-state index in [-0.39, 0.29) is 39.3 Å². The Bertz CT molecular complexity index is 1030. The fourth-order valence-electron chi connectivity index (χ4n) is 3.31. The van der Waals surface area contributed by atoms with E-state index >= 15 is 0 Å². The number of aryl methyl sites for hydroxylation is 1. The molecule has 0 atom stereocenters. The number of rotatable bonds is 4. The van der Waals surface area contributed by atoms with Crippen LogP contribution in [-0.4, -0.2) is 32.7 Å². The number of hydrogen-bond acceptors (Lipinski definition) is 6. The third kappa shape index (κ3) is 2.89. The SMILES string of the molecule is CCCC(O)=CC(=O)c1c(C)cc2c(c1O)C(=O)c1c(O)cccc1C2=O. The van der Waals surface area contributed by atoms with Crippen LogP contribution < -0.4 is 0 Å². The monoisotopic (exact) mass is 366 g/mol. The molecule has 0 unspecified atom stereocenters. The van der Waals surface area contributed by atoms with Gasteiger partial charge in [0.05, 0.1) is 22.4 Å². The maximum absolute atomic E-state index is 12.9. The van der Waals surface area contributed by atoms with Crippen molar-refractivity contribution in [3.8, 4) is 11.5 Å². The van der Waals surface area contributed by atoms with Crippen molar-refractivity contribution in [2.75, 3.05) is 0 Å². The van der Waals surface area contributed by atoms with Gasteiger partial charge in [-0.1, -0.05) is 19.1 Å². The van der Waals surface area contributed by atoms with Gasteiger partial charge in [0.2, 0.25) is 5.78 Å². The lowest BCUT2D eigenvalue weighted by Crippen LogP contribution is -2.22. The van der Waals surface area contributed by atoms with E-state index in [4.69, 9.17) is 0 Å². The number of aliphatic hydroxyl groups is 1. The molecular formula is C21H18O6. The van der Waals surface area contributed by atoms with Crippen molar-refractivity contribution in [2.24, 2.45) is 0 Å². The van der Waals surface area contributed by atoms with Gasteiger partial charge >= 0.3 is 0 Å². The van der Waals surface area contributed by atoms with Gasteiger partial charge in [-0.05, 0) is 31.0 Å². The summed E-state index contributed by atoms with van der Waals surface area (Å²) in [6, 6.07) is 5.53. The number of ketones is 3. The van der Waals surface area contributed by atoms with Crippen molar-refractivity contribution in [1.29, 1.82) is 0 Å². The highest BCUT2D eigenvalue weighted by Gasteiger charge is 2.36. The van der Waals surface area contributed by atoms with E-state index in [1.165, 1.54) is 31.2 Å². The number of phenolic OH excluding ortho intramolecular Hbond substituents is 2. The molecule has 1 aliphatic carbocycles. The van der Waals surface area contributed by atoms with E-state index in [1.54, 1.807) is 0 Å². The predicted octanol–water partition coefficient (Wildman–Crippen LogP) is 3.61. The van der Waals surface area contributed by atoms with Crippen molar-refractivity contribution in [3.05, 3.63) is 69.5 Å². The van der Waals surface area contributed by atoms with E-state index in [0.717, 1.165) is 6.08 Å². The molecule has 1 aliphatic rings. The summed E-state index contributed by atoms with van der Waals surface area (Å²) in [6.45, 7) is 3.37. The molecule has 0 amide bonds. The van der Waals surface area contributed by atoms with Crippen LogP contribution in [0.5, 0.6) is 11.5 Å². The van der Waals surface area contributed by atoms with Gasteiger partial charge in [-0.2, -0.15) is 0 Å². The van der Waals surface area contributed by atoms with Gasteiger partial charge in [0, 0.05) is 23.6 Å². The number of aliphatic hydroxyl groups excluding tert-OH is 1. The zero-order valence-electron chi connectivity index (χ0n) is 14.9. The number of aromatic hydroxyl groups is 2. The molecule has 2 aromatic rings. The summed E-state index contributed by atoms with van der Waals surface area (Å²) in [5.41, 5.74) is -0.335. The highest BCUT2D eigenvalue weighted by Crippen LogP contribution is 2.39. The maximum Gasteiger partial charge on any atom is 0.201 e. The van der Waals surface area contributed by atoms with Crippen molar-refractivity contribution in [2.45, 2.75) is 26.7 Å². The Labute approximate surface area is 155 Å². The first-order valence-electron chi connectivity index (χ1n) is 8.49. The van der Waals surface area contributed by atoms with Gasteiger partial charge in [0.15, 0.2) is 11.6 Å². The van der Waals surface area contributed by atoms with Crippen LogP contribution in [0.3, 0.4) is 0 Å². The summed E-state index contributed by atoms with van der Waals surface area (Å²) in [7, 11) is 0. The van der Waals surface area contributed by atoms with Gasteiger partial charge in [0.1, 0.15) is 11.5 Å². The van der Waals surface area contributed by atoms with Crippen LogP contribution >= 0.6 is 0 Å². The largest absolute Gasteiger partial charge is 0.512 e. The molecule has 3 rings (SSSR count). The van der Waals surface area contributed by atoms with E-state index in [0.29, 0.717) is 18.4 Å². The Morgan fingerprint density at radius 3 is 2.44 bits per heavy atom. The molecule has 27 heavy (non-hydrogen) atoms. The summed E-state index contributed by atoms with van der Waals surface area (Å²) < 4.78 is 0. The summed E-state index contributed by atoms with van der Waals surface area (Å²) in [6.07, 6.45) is 1.93. The second-order valence-corrected chi connectivity index (χ2v) is 6.45. The Kier molecular flexibility index (Phi) is 4.57. The number of benzene rings is 2. The molecule has 0 spiro atoms. The lowest BCUT2D eigenvalue weighted by Gasteiger charge is -2.21. The second-order valence-electron chi connectivity index (χ2n) is 6.45. The molecule has 0 aromatic heterocycles. The topological polar surface area (TPSA) is 112 Å². The first-order chi connectivity index (χ1) is 12.8. The van der Waals surface area contributed by atoms with Gasteiger partial charge in [-0.3, -0.25) is 14.4 Å². The molecular weight excluding hydrogens is 348 g/mol. The number of fused-ring (bicyclic) bond motifs is 2. The number of phenols is 2. The van der Waals surface area contributed by atoms with Crippen LogP contribution in [0.4, 0.5) is 0 Å². The van der Waals surface area contributed by atoms with E-state index in [9.17, 15) is 29.7 Å². The number of carbonyl (C=O) groups is 3. The highest BCUT2D eigenvalue weighted by molar-refractivity contribution is 6.31. The summed E-state index contributed by atoms with van der Waals surface area (Å²) in [4.78, 5) is 38.1. The zero-order valence-corrected chi connectivity index (χ0v) is 14.9. The van der Waals surface area contributed by atoms with Crippen LogP contribution in [0.2, 0.25) is 0 Å². The fourth-order valence-corrected chi connectivity index (χ4v) is 3.31. The lowest BCUT2D eigenvalue weighted by molar-refractivity contribution is 0.0972. The molecule has 6 nitrogen and oxygen atoms in total. The molecule has 2 aromatic carbocycles. The minimum atomic E-state index is -0.731. The van der Waals surface area contributed by atoms with Crippen LogP contribution in [0.15, 0.2) is 36.1 Å². The fraction of sp³-hybridized carbons (Fsp3) is 0.190. The molecule has 0 fully saturated rings. The van der Waals surface area contributed by atoms with Gasteiger partial charge in [0.25, 0.3) is 0 Å². The molecule has 0 heterocycles. The van der Waals surface area contributed by atoms with Gasteiger partial charge in [-0.15, -0.1) is 0 Å². The molecule has 138 valence electrons. The second kappa shape index (κ2) is 6.72. The highest BCUT2D eigenvalue weighted by atomic mass is 16.3. The van der Waals surface area contributed by atoms with Gasteiger partial charge in [-0.25, -0.2) is 0 Å². The average Bonchev–Trinajstić information content (AvgIpc) is 2.59. The van der Waals surface area contributed by atoms with Crippen LogP contribution in [0, 0.1) is 6.92 Å². The third-order valence-electron chi connectivity index (χ3n) is 4.53. The quantitative estimate of drug-likeness (QED) is 0.369. The van der Waals surface area contributed by atoms with E-state index < -0.39 is 23.1 Å². The van der Waals surface area contributed by atoms with Crippen LogP contribution in [0.1, 0.15) is 67.5 Å². The van der Waals surface area contributed by atoms with Crippen LogP contribution in [0.25, 0.3) is 0 Å². The third-order valence-corrected chi connectivity index (χ3v) is 4.53. The lowest BCUT2D eigenvalue weighted by atomic mass is 9.80. The van der Waals surface area contributed by atoms with E-state index in [1.807, 2.05) is 6.92 Å². The van der Waals surface area contributed by atoms with Crippen molar-refractivity contribution in [3.63, 3.8) is 0 Å². The summed E-state index contributed by atoms with van der Waals surface area (Å²) in [5, 5.41) is 30.4. The van der Waals surface area contributed by atoms with Gasteiger partial charge < -0.3 is 15.3 Å². The number of allylic oxidation sites excluding steroid dienone is 2. The number of carbonyl (C=O) groups excluding carboxylic acids is 3. The minimum Gasteiger partial charge on any atom is -0.512 e. The summed E-state index contributed by atoms with van der Waals surface area (Å²) in [5.74, 6) is -3.04. The average molecular weight is 366 g/mol. The summed E-state index contributed by atoms with van der Waals surface area (Å²) >= 11 is 0. The molecule has 0 saturated carbocycles. The minimum absolute atomic E-state index is 0.0218. The first-order valence-corrected chi connectivity index (χ1v) is 8.49. The zero-order chi connectivity index (χ0) is 19.9. The standard InChI is InChI=1S/C21H18O6/c1-3-5-11(22)9-15(24)16-10(2)8-13-18(20(16)26)21(27)17-12(19(13)25)6-4-7-14(17)23/h4,6-9,22-23,26H,3,5H2,1-2H3. The van der Waals surface area contributed by atoms with E-state index in [2.05, 4.69) is 0 Å². The molecule has 6 heteroatoms. The molecule has 0 aliphatic heterocycles. The maximum atomic E-state index is 12.9. The Balaban J connectivity index is 2.22. The molecule has 0 bridgehead atoms. The van der Waals surface area contributed by atoms with Crippen LogP contribution in [-0.2, 0) is 0 Å². The Morgan fingerprint density at radius 1 is 1.07 bits per heavy atom. The molecule has 0 saturated heterocycles. The first kappa shape index (κ1) is 18.4. The number of hydrogen-bond donors (Lipinski definition) is 3. The van der Waals surface area contributed by atoms with Crippen molar-refractivity contribution in [1.82, 2.24) is 0 Å². The molecule has 0 radical (unpaired) electrons.